The fourth-order valence-corrected chi connectivity index (χ4v) is 0. The molecule has 50 valence electrons. The van der Waals surface area contributed by atoms with Gasteiger partial charge in [-0.3, -0.25) is 0 Å². The Bertz CT molecular complexity index is 27.8. The molecule has 0 N–H and O–H groups in total. The second-order valence-electron chi connectivity index (χ2n) is 1.51. The van der Waals surface area contributed by atoms with Gasteiger partial charge < -0.3 is 50.9 Å². The molecule has 9 heavy (non-hydrogen) atoms. The molecule has 0 aromatic carbocycles. The van der Waals surface area contributed by atoms with E-state index >= 15 is 0 Å². The minimum atomic E-state index is 0. The van der Waals surface area contributed by atoms with Gasteiger partial charge in [0.25, 0.3) is 0 Å². The van der Waals surface area contributed by atoms with Crippen molar-refractivity contribution in [1.29, 1.82) is 0 Å². The molecule has 5 heteroatoms. The molecule has 0 aromatic heterocycles. The fourth-order valence-electron chi connectivity index (χ4n) is 0. The largest absolute Gasteiger partial charge is 2.00 e. The standard InChI is InChI=1S/C4H9.3BrH.2Mg/c1-3-4-2;;;;;/h3H,4H2,1-2H3;3*1H;;/q;;;;+1;+2/p-3. The Balaban J connectivity index is -0.0000000133. The first-order valence-electron chi connectivity index (χ1n) is 2.10. The van der Waals surface area contributed by atoms with Crippen molar-refractivity contribution in [2.24, 2.45) is 0 Å². The summed E-state index contributed by atoms with van der Waals surface area (Å²) in [6.45, 7) is 4.44. The molecule has 1 atom stereocenters. The maximum absolute atomic E-state index is 2.23. The minimum Gasteiger partial charge on any atom is -1.00 e. The Morgan fingerprint density at radius 3 is 1.33 bits per heavy atom. The Morgan fingerprint density at radius 2 is 1.33 bits per heavy atom. The average Bonchev–Trinajstić information content (AvgIpc) is 1.38. The zero-order valence-corrected chi connectivity index (χ0v) is 13.4. The van der Waals surface area contributed by atoms with E-state index in [9.17, 15) is 0 Å². The van der Waals surface area contributed by atoms with Crippen LogP contribution in [0.2, 0.25) is 4.05 Å². The number of halogens is 3. The molecule has 0 aromatic rings. The summed E-state index contributed by atoms with van der Waals surface area (Å²) in [5.41, 5.74) is 0. The summed E-state index contributed by atoms with van der Waals surface area (Å²) in [5, 5.41) is 0. The Kier molecular flexibility index (Phi) is 73.9. The van der Waals surface area contributed by atoms with Crippen LogP contribution in [0, 0.1) is 0 Å². The molecular formula is C4H9Br3Mg2. The maximum Gasteiger partial charge on any atom is 2.00 e. The summed E-state index contributed by atoms with van der Waals surface area (Å²) in [6.07, 6.45) is 1.32. The van der Waals surface area contributed by atoms with E-state index in [0.717, 1.165) is 4.05 Å². The Labute approximate surface area is 118 Å². The molecule has 0 bridgehead atoms. The zero-order valence-electron chi connectivity index (χ0n) is 5.83. The third-order valence-corrected chi connectivity index (χ3v) is 1.27. The van der Waals surface area contributed by atoms with Crippen LogP contribution in [0.25, 0.3) is 0 Å². The summed E-state index contributed by atoms with van der Waals surface area (Å²) in [4.78, 5) is 0. The van der Waals surface area contributed by atoms with Crippen LogP contribution in [0.3, 0.4) is 0 Å². The van der Waals surface area contributed by atoms with Gasteiger partial charge in [-0.25, -0.2) is 0 Å². The van der Waals surface area contributed by atoms with Gasteiger partial charge >= 0.3 is 69.1 Å². The van der Waals surface area contributed by atoms with Gasteiger partial charge in [-0.2, -0.15) is 0 Å². The van der Waals surface area contributed by atoms with Crippen molar-refractivity contribution in [3.05, 3.63) is 0 Å². The van der Waals surface area contributed by atoms with Crippen LogP contribution < -0.4 is 50.9 Å². The molecule has 0 aliphatic heterocycles. The van der Waals surface area contributed by atoms with Crippen LogP contribution in [0.5, 0.6) is 0 Å². The van der Waals surface area contributed by atoms with Gasteiger partial charge in [0.15, 0.2) is 0 Å². The summed E-state index contributed by atoms with van der Waals surface area (Å²) in [6, 6.07) is 0. The smallest absolute Gasteiger partial charge is 1.00 e. The predicted octanol–water partition coefficient (Wildman–Crippen LogP) is -8.00. The number of rotatable bonds is 1. The minimum absolute atomic E-state index is 0. The third kappa shape index (κ3) is 35.7. The SMILES string of the molecule is CC[CH](C)[Mg+].[Br-].[Br-].[Br-].[Mg+2]. The van der Waals surface area contributed by atoms with Crippen molar-refractivity contribution >= 4 is 44.8 Å². The van der Waals surface area contributed by atoms with E-state index in [4.69, 9.17) is 0 Å². The first kappa shape index (κ1) is 29.6. The van der Waals surface area contributed by atoms with E-state index in [1.807, 2.05) is 0 Å². The molecule has 0 rings (SSSR count). The monoisotopic (exact) mass is 342 g/mol. The number of hydrogen-bond acceptors (Lipinski definition) is 0. The van der Waals surface area contributed by atoms with Crippen molar-refractivity contribution in [2.45, 2.75) is 24.3 Å². The van der Waals surface area contributed by atoms with Crippen molar-refractivity contribution in [3.63, 3.8) is 0 Å². The molecule has 0 heterocycles. The second-order valence-corrected chi connectivity index (χ2v) is 2.91. The fraction of sp³-hybridized carbons (Fsp3) is 1.00. The first-order valence-corrected chi connectivity index (χ1v) is 2.92. The molecule has 0 saturated heterocycles. The van der Waals surface area contributed by atoms with Gasteiger partial charge in [0.2, 0.25) is 0 Å². The van der Waals surface area contributed by atoms with Crippen molar-refractivity contribution in [2.75, 3.05) is 0 Å². The van der Waals surface area contributed by atoms with Crippen molar-refractivity contribution in [3.8, 4) is 0 Å². The van der Waals surface area contributed by atoms with E-state index in [-0.39, 0.29) is 74.0 Å². The van der Waals surface area contributed by atoms with Gasteiger partial charge in [0.05, 0.1) is 0 Å². The van der Waals surface area contributed by atoms with E-state index in [0.29, 0.717) is 0 Å². The van der Waals surface area contributed by atoms with Gasteiger partial charge in [-0.15, -0.1) is 0 Å². The third-order valence-electron chi connectivity index (χ3n) is 0.697. The van der Waals surface area contributed by atoms with Gasteiger partial charge in [-0.1, -0.05) is 0 Å². The average molecular weight is 345 g/mol. The molecule has 0 spiro atoms. The predicted molar refractivity (Wildman–Crippen MR) is 31.2 cm³/mol. The quantitative estimate of drug-likeness (QED) is 0.414. The van der Waals surface area contributed by atoms with Crippen molar-refractivity contribution in [1.82, 2.24) is 0 Å². The van der Waals surface area contributed by atoms with E-state index in [1.165, 1.54) is 6.42 Å². The molecule has 0 nitrogen and oxygen atoms in total. The van der Waals surface area contributed by atoms with Crippen LogP contribution in [0.1, 0.15) is 20.3 Å². The van der Waals surface area contributed by atoms with E-state index in [1.54, 1.807) is 0 Å². The molecule has 1 unspecified atom stereocenters. The molecule has 0 radical (unpaired) electrons. The molecule has 0 aliphatic rings. The maximum atomic E-state index is 2.23. The molecule has 0 fully saturated rings. The summed E-state index contributed by atoms with van der Waals surface area (Å²) >= 11 is 2.05. The Hall–Kier alpha value is 2.97. The topological polar surface area (TPSA) is 0 Å². The van der Waals surface area contributed by atoms with Crippen LogP contribution in [0.4, 0.5) is 0 Å². The molecule has 0 aliphatic carbocycles. The van der Waals surface area contributed by atoms with Crippen LogP contribution in [-0.4, -0.2) is 44.8 Å². The first-order chi connectivity index (χ1) is 2.27. The van der Waals surface area contributed by atoms with Crippen LogP contribution in [0.15, 0.2) is 0 Å². The van der Waals surface area contributed by atoms with E-state index in [2.05, 4.69) is 35.6 Å². The van der Waals surface area contributed by atoms with Gasteiger partial charge in [0, 0.05) is 0 Å². The summed E-state index contributed by atoms with van der Waals surface area (Å²) < 4.78 is 0.912. The van der Waals surface area contributed by atoms with Crippen LogP contribution >= 0.6 is 0 Å². The summed E-state index contributed by atoms with van der Waals surface area (Å²) in [5.74, 6) is 0. The second kappa shape index (κ2) is 22.4. The Morgan fingerprint density at radius 1 is 1.22 bits per heavy atom. The van der Waals surface area contributed by atoms with E-state index < -0.39 is 0 Å². The van der Waals surface area contributed by atoms with Gasteiger partial charge in [0.1, 0.15) is 0 Å². The zero-order chi connectivity index (χ0) is 4.28. The molecular weight excluding hydrogens is 336 g/mol. The number of hydrogen-bond donors (Lipinski definition) is 0. The molecule has 0 saturated carbocycles. The summed E-state index contributed by atoms with van der Waals surface area (Å²) in [7, 11) is 0. The van der Waals surface area contributed by atoms with Crippen molar-refractivity contribution < 1.29 is 50.9 Å². The van der Waals surface area contributed by atoms with Gasteiger partial charge in [-0.05, 0) is 0 Å². The van der Waals surface area contributed by atoms with Crippen LogP contribution in [-0.2, 0) is 0 Å². The normalized spacial score (nSPS) is 8.44. The molecule has 0 amide bonds.